The van der Waals surface area contributed by atoms with E-state index in [9.17, 15) is 4.79 Å². The van der Waals surface area contributed by atoms with Crippen molar-refractivity contribution in [2.24, 2.45) is 0 Å². The van der Waals surface area contributed by atoms with E-state index in [-0.39, 0.29) is 17.6 Å². The van der Waals surface area contributed by atoms with Gasteiger partial charge in [0.05, 0.1) is 18.1 Å². The molecule has 0 saturated heterocycles. The van der Waals surface area contributed by atoms with Gasteiger partial charge in [0.1, 0.15) is 11.7 Å². The fraction of sp³-hybridized carbons (Fsp3) is 0.273. The van der Waals surface area contributed by atoms with Crippen LogP contribution in [0.4, 0.5) is 5.82 Å². The number of rotatable bonds is 3. The van der Waals surface area contributed by atoms with E-state index in [0.29, 0.717) is 5.82 Å². The predicted molar refractivity (Wildman–Crippen MR) is 67.4 cm³/mol. The van der Waals surface area contributed by atoms with Gasteiger partial charge in [-0.05, 0) is 19.9 Å². The summed E-state index contributed by atoms with van der Waals surface area (Å²) in [5, 5.41) is 7.11. The molecule has 2 aromatic rings. The first-order valence-electron chi connectivity index (χ1n) is 5.33. The third-order valence-corrected chi connectivity index (χ3v) is 2.48. The summed E-state index contributed by atoms with van der Waals surface area (Å²) < 4.78 is 1.63. The van der Waals surface area contributed by atoms with E-state index < -0.39 is 0 Å². The van der Waals surface area contributed by atoms with Crippen LogP contribution in [0.2, 0.25) is 5.15 Å². The minimum atomic E-state index is -0.210. The Morgan fingerprint density at radius 1 is 1.39 bits per heavy atom. The summed E-state index contributed by atoms with van der Waals surface area (Å²) in [7, 11) is 0. The SMILES string of the molecule is Cc1cc(C)n(CC(=O)Nc2cnc(Cl)cn2)n1. The molecule has 2 heterocycles. The lowest BCUT2D eigenvalue weighted by molar-refractivity contribution is -0.117. The molecule has 0 aliphatic rings. The zero-order valence-corrected chi connectivity index (χ0v) is 10.8. The van der Waals surface area contributed by atoms with Crippen molar-refractivity contribution in [1.29, 1.82) is 0 Å². The van der Waals surface area contributed by atoms with E-state index >= 15 is 0 Å². The topological polar surface area (TPSA) is 72.7 Å². The number of aryl methyl sites for hydroxylation is 2. The summed E-state index contributed by atoms with van der Waals surface area (Å²) in [4.78, 5) is 19.5. The number of anilines is 1. The fourth-order valence-corrected chi connectivity index (χ4v) is 1.63. The maximum atomic E-state index is 11.8. The molecule has 1 amide bonds. The molecule has 0 aromatic carbocycles. The Hall–Kier alpha value is -1.95. The molecule has 94 valence electrons. The van der Waals surface area contributed by atoms with Crippen molar-refractivity contribution in [3.05, 3.63) is 35.0 Å². The Labute approximate surface area is 109 Å². The number of hydrogen-bond acceptors (Lipinski definition) is 4. The average molecular weight is 266 g/mol. The highest BCUT2D eigenvalue weighted by Gasteiger charge is 2.08. The number of hydrogen-bond donors (Lipinski definition) is 1. The molecule has 7 heteroatoms. The van der Waals surface area contributed by atoms with Gasteiger partial charge in [0.25, 0.3) is 0 Å². The molecule has 0 atom stereocenters. The monoisotopic (exact) mass is 265 g/mol. The van der Waals surface area contributed by atoms with Gasteiger partial charge >= 0.3 is 0 Å². The number of halogens is 1. The Morgan fingerprint density at radius 3 is 2.72 bits per heavy atom. The number of aromatic nitrogens is 4. The van der Waals surface area contributed by atoms with Gasteiger partial charge in [-0.25, -0.2) is 9.97 Å². The second kappa shape index (κ2) is 5.14. The first-order valence-corrected chi connectivity index (χ1v) is 5.71. The largest absolute Gasteiger partial charge is 0.308 e. The van der Waals surface area contributed by atoms with Crippen LogP contribution in [0, 0.1) is 13.8 Å². The summed E-state index contributed by atoms with van der Waals surface area (Å²) in [6.07, 6.45) is 2.78. The summed E-state index contributed by atoms with van der Waals surface area (Å²) in [6, 6.07) is 1.91. The Bertz CT molecular complexity index is 563. The van der Waals surface area contributed by atoms with Crippen LogP contribution in [-0.2, 0) is 11.3 Å². The van der Waals surface area contributed by atoms with Crippen molar-refractivity contribution in [1.82, 2.24) is 19.7 Å². The highest BCUT2D eigenvalue weighted by Crippen LogP contribution is 2.06. The van der Waals surface area contributed by atoms with Gasteiger partial charge in [-0.15, -0.1) is 0 Å². The molecule has 0 fully saturated rings. The van der Waals surface area contributed by atoms with Crippen molar-refractivity contribution in [3.8, 4) is 0 Å². The summed E-state index contributed by atoms with van der Waals surface area (Å²) in [5.74, 6) is 0.156. The molecule has 0 unspecified atom stereocenters. The van der Waals surface area contributed by atoms with Gasteiger partial charge in [0, 0.05) is 5.69 Å². The summed E-state index contributed by atoms with van der Waals surface area (Å²) in [5.41, 5.74) is 1.82. The van der Waals surface area contributed by atoms with Gasteiger partial charge in [0.15, 0.2) is 5.82 Å². The van der Waals surface area contributed by atoms with Crippen molar-refractivity contribution in [2.75, 3.05) is 5.32 Å². The highest BCUT2D eigenvalue weighted by molar-refractivity contribution is 6.29. The van der Waals surface area contributed by atoms with Crippen LogP contribution in [0.5, 0.6) is 0 Å². The normalized spacial score (nSPS) is 10.4. The molecule has 0 radical (unpaired) electrons. The molecule has 0 aliphatic carbocycles. The van der Waals surface area contributed by atoms with E-state index in [2.05, 4.69) is 20.4 Å². The Morgan fingerprint density at radius 2 is 2.17 bits per heavy atom. The maximum Gasteiger partial charge on any atom is 0.247 e. The molecule has 6 nitrogen and oxygen atoms in total. The molecule has 2 aromatic heterocycles. The van der Waals surface area contributed by atoms with Crippen LogP contribution >= 0.6 is 11.6 Å². The molecule has 0 spiro atoms. The Balaban J connectivity index is 2.01. The van der Waals surface area contributed by atoms with Crippen LogP contribution in [-0.4, -0.2) is 25.7 Å². The standard InChI is InChI=1S/C11H12ClN5O/c1-7-3-8(2)17(16-7)6-11(18)15-10-5-13-9(12)4-14-10/h3-5H,6H2,1-2H3,(H,14,15,18). The summed E-state index contributed by atoms with van der Waals surface area (Å²) >= 11 is 5.60. The second-order valence-electron chi connectivity index (χ2n) is 3.86. The first kappa shape index (κ1) is 12.5. The molecular formula is C11H12ClN5O. The average Bonchev–Trinajstić information content (AvgIpc) is 2.61. The fourth-order valence-electron chi connectivity index (χ4n) is 1.53. The number of carbonyl (C=O) groups excluding carboxylic acids is 1. The smallest absolute Gasteiger partial charge is 0.247 e. The van der Waals surface area contributed by atoms with E-state index in [1.807, 2.05) is 19.9 Å². The lowest BCUT2D eigenvalue weighted by Gasteiger charge is -2.05. The van der Waals surface area contributed by atoms with Gasteiger partial charge in [-0.2, -0.15) is 5.10 Å². The second-order valence-corrected chi connectivity index (χ2v) is 4.24. The van der Waals surface area contributed by atoms with Crippen LogP contribution in [0.15, 0.2) is 18.5 Å². The van der Waals surface area contributed by atoms with Crippen molar-refractivity contribution in [2.45, 2.75) is 20.4 Å². The van der Waals surface area contributed by atoms with Crippen molar-refractivity contribution < 1.29 is 4.79 Å². The zero-order valence-electron chi connectivity index (χ0n) is 10.0. The van der Waals surface area contributed by atoms with Gasteiger partial charge in [-0.3, -0.25) is 9.48 Å². The number of nitrogens with one attached hydrogen (secondary N) is 1. The number of carbonyl (C=O) groups is 1. The molecule has 0 aliphatic heterocycles. The third kappa shape index (κ3) is 3.04. The van der Waals surface area contributed by atoms with Crippen molar-refractivity contribution in [3.63, 3.8) is 0 Å². The molecule has 0 bridgehead atoms. The zero-order chi connectivity index (χ0) is 13.1. The molecule has 0 saturated carbocycles. The van der Waals surface area contributed by atoms with Crippen LogP contribution in [0.25, 0.3) is 0 Å². The van der Waals surface area contributed by atoms with Gasteiger partial charge < -0.3 is 5.32 Å². The quantitative estimate of drug-likeness (QED) is 0.915. The molecule has 18 heavy (non-hydrogen) atoms. The lowest BCUT2D eigenvalue weighted by Crippen LogP contribution is -2.20. The van der Waals surface area contributed by atoms with E-state index in [1.54, 1.807) is 4.68 Å². The highest BCUT2D eigenvalue weighted by atomic mass is 35.5. The van der Waals surface area contributed by atoms with E-state index in [4.69, 9.17) is 11.6 Å². The van der Waals surface area contributed by atoms with Gasteiger partial charge in [-0.1, -0.05) is 11.6 Å². The van der Waals surface area contributed by atoms with Crippen molar-refractivity contribution >= 4 is 23.3 Å². The predicted octanol–water partition coefficient (Wildman–Crippen LogP) is 1.58. The maximum absolute atomic E-state index is 11.8. The van der Waals surface area contributed by atoms with Crippen LogP contribution in [0.3, 0.4) is 0 Å². The third-order valence-electron chi connectivity index (χ3n) is 2.28. The van der Waals surface area contributed by atoms with Crippen LogP contribution in [0.1, 0.15) is 11.4 Å². The van der Waals surface area contributed by atoms with E-state index in [1.165, 1.54) is 12.4 Å². The lowest BCUT2D eigenvalue weighted by atomic mass is 10.4. The van der Waals surface area contributed by atoms with Gasteiger partial charge in [0.2, 0.25) is 5.91 Å². The number of amides is 1. The molecule has 1 N–H and O–H groups in total. The minimum absolute atomic E-state index is 0.143. The summed E-state index contributed by atoms with van der Waals surface area (Å²) in [6.45, 7) is 3.92. The molecule has 2 rings (SSSR count). The molecular weight excluding hydrogens is 254 g/mol. The minimum Gasteiger partial charge on any atom is -0.308 e. The van der Waals surface area contributed by atoms with Crippen LogP contribution < -0.4 is 5.32 Å². The first-order chi connectivity index (χ1) is 8.54. The van der Waals surface area contributed by atoms with E-state index in [0.717, 1.165) is 11.4 Å². The number of nitrogens with zero attached hydrogens (tertiary/aromatic N) is 4. The Kier molecular flexibility index (Phi) is 3.57.